The van der Waals surface area contributed by atoms with Gasteiger partial charge in [-0.15, -0.1) is 5.10 Å². The maximum absolute atomic E-state index is 11.7. The van der Waals surface area contributed by atoms with Crippen LogP contribution in [0, 0.1) is 0 Å². The quantitative estimate of drug-likeness (QED) is 0.443. The molecule has 148 valence electrons. The number of nitrogens with zero attached hydrogens (tertiary/aromatic N) is 2. The van der Waals surface area contributed by atoms with E-state index >= 15 is 0 Å². The van der Waals surface area contributed by atoms with Gasteiger partial charge < -0.3 is 14.6 Å². The van der Waals surface area contributed by atoms with Gasteiger partial charge in [-0.25, -0.2) is 14.7 Å². The number of carbonyl (C=O) groups is 1. The molecule has 0 bridgehead atoms. The minimum absolute atomic E-state index is 0.0926. The predicted molar refractivity (Wildman–Crippen MR) is 102 cm³/mol. The maximum atomic E-state index is 11.7. The van der Waals surface area contributed by atoms with Gasteiger partial charge in [-0.05, 0) is 37.6 Å². The Morgan fingerprint density at radius 2 is 2.07 bits per heavy atom. The number of benzene rings is 1. The van der Waals surface area contributed by atoms with Crippen molar-refractivity contribution in [3.8, 4) is 5.75 Å². The average Bonchev–Trinajstić information content (AvgIpc) is 3.03. The van der Waals surface area contributed by atoms with E-state index in [2.05, 4.69) is 17.1 Å². The summed E-state index contributed by atoms with van der Waals surface area (Å²) < 4.78 is 12.0. The highest BCUT2D eigenvalue weighted by Crippen LogP contribution is 2.17. The summed E-state index contributed by atoms with van der Waals surface area (Å²) in [6, 6.07) is 6.54. The predicted octanol–water partition coefficient (Wildman–Crippen LogP) is 2.08. The van der Waals surface area contributed by atoms with Crippen molar-refractivity contribution in [2.45, 2.75) is 44.5 Å². The number of nitrogens with one attached hydrogen (secondary N) is 1. The summed E-state index contributed by atoms with van der Waals surface area (Å²) in [6.45, 7) is 4.82. The molecule has 2 N–H and O–H groups in total. The number of unbranched alkanes of at least 4 members (excludes halogenated alkanes) is 1. The summed E-state index contributed by atoms with van der Waals surface area (Å²) in [4.78, 5) is 23.3. The number of hydrogen-bond donors (Lipinski definition) is 2. The van der Waals surface area contributed by atoms with Gasteiger partial charge in [-0.1, -0.05) is 25.1 Å². The van der Waals surface area contributed by atoms with Crippen molar-refractivity contribution in [2.24, 2.45) is 0 Å². The average molecular weight is 395 g/mol. The molecule has 0 amide bonds. The maximum Gasteiger partial charge on any atom is 0.343 e. The van der Waals surface area contributed by atoms with Crippen LogP contribution in [0.3, 0.4) is 0 Å². The Morgan fingerprint density at radius 3 is 2.74 bits per heavy atom. The summed E-state index contributed by atoms with van der Waals surface area (Å²) in [5, 5.41) is 17.1. The van der Waals surface area contributed by atoms with Crippen LogP contribution in [-0.2, 0) is 11.3 Å². The van der Waals surface area contributed by atoms with Gasteiger partial charge in [0.2, 0.25) is 0 Å². The zero-order valence-corrected chi connectivity index (χ0v) is 16.3. The minimum Gasteiger partial charge on any atom is -0.491 e. The number of ether oxygens (including phenoxy) is 2. The van der Waals surface area contributed by atoms with Crippen LogP contribution < -0.4 is 10.4 Å². The molecule has 0 aliphatic rings. The second kappa shape index (κ2) is 10.8. The van der Waals surface area contributed by atoms with Crippen molar-refractivity contribution >= 4 is 17.7 Å². The number of aromatic amines is 1. The van der Waals surface area contributed by atoms with Crippen LogP contribution in [0.25, 0.3) is 0 Å². The topological polar surface area (TPSA) is 106 Å². The fraction of sp³-hybridized carbons (Fsp3) is 0.500. The molecule has 0 saturated carbocycles. The Kier molecular flexibility index (Phi) is 8.41. The van der Waals surface area contributed by atoms with E-state index in [1.807, 2.05) is 0 Å². The number of hydrogen-bond acceptors (Lipinski definition) is 7. The van der Waals surface area contributed by atoms with Crippen molar-refractivity contribution in [3.05, 3.63) is 40.3 Å². The number of rotatable bonds is 11. The SMILES string of the molecule is CCCCn1c(SC[C@@H](O)COc2ccc(C(=O)OCC)cc2)n[nH]c1=O. The van der Waals surface area contributed by atoms with Crippen LogP contribution in [0.15, 0.2) is 34.2 Å². The third-order valence-electron chi connectivity index (χ3n) is 3.67. The molecule has 1 heterocycles. The molecule has 0 aliphatic carbocycles. The fourth-order valence-corrected chi connectivity index (χ4v) is 3.12. The molecular formula is C18H25N3O5S. The number of carbonyl (C=O) groups excluding carboxylic acids is 1. The van der Waals surface area contributed by atoms with E-state index in [4.69, 9.17) is 9.47 Å². The first-order valence-corrected chi connectivity index (χ1v) is 9.89. The Balaban J connectivity index is 1.80. The molecule has 0 aliphatic heterocycles. The summed E-state index contributed by atoms with van der Waals surface area (Å²) in [7, 11) is 0. The van der Waals surface area contributed by atoms with Gasteiger partial charge in [-0.2, -0.15) is 0 Å². The van der Waals surface area contributed by atoms with Gasteiger partial charge in [-0.3, -0.25) is 4.57 Å². The molecule has 1 aromatic heterocycles. The number of H-pyrrole nitrogens is 1. The molecule has 0 saturated heterocycles. The Bertz CT molecular complexity index is 772. The lowest BCUT2D eigenvalue weighted by Crippen LogP contribution is -2.21. The Hall–Kier alpha value is -2.26. The number of aliphatic hydroxyl groups is 1. The molecule has 8 nitrogen and oxygen atoms in total. The van der Waals surface area contributed by atoms with E-state index in [-0.39, 0.29) is 18.3 Å². The van der Waals surface area contributed by atoms with Gasteiger partial charge in [0.15, 0.2) is 5.16 Å². The van der Waals surface area contributed by atoms with E-state index in [1.165, 1.54) is 11.8 Å². The first-order valence-electron chi connectivity index (χ1n) is 8.91. The molecule has 9 heteroatoms. The van der Waals surface area contributed by atoms with Gasteiger partial charge in [0.25, 0.3) is 0 Å². The third kappa shape index (κ3) is 6.44. The molecule has 2 rings (SSSR count). The normalized spacial score (nSPS) is 12.0. The summed E-state index contributed by atoms with van der Waals surface area (Å²) in [5.41, 5.74) is 0.210. The zero-order chi connectivity index (χ0) is 19.6. The van der Waals surface area contributed by atoms with Crippen LogP contribution in [0.2, 0.25) is 0 Å². The number of aromatic nitrogens is 3. The highest BCUT2D eigenvalue weighted by molar-refractivity contribution is 7.99. The van der Waals surface area contributed by atoms with E-state index in [1.54, 1.807) is 35.8 Å². The lowest BCUT2D eigenvalue weighted by Gasteiger charge is -2.12. The van der Waals surface area contributed by atoms with Crippen LogP contribution >= 0.6 is 11.8 Å². The molecule has 0 spiro atoms. The lowest BCUT2D eigenvalue weighted by molar-refractivity contribution is 0.0526. The highest BCUT2D eigenvalue weighted by atomic mass is 32.2. The summed E-state index contributed by atoms with van der Waals surface area (Å²) in [6.07, 6.45) is 1.14. The van der Waals surface area contributed by atoms with Crippen LogP contribution in [0.5, 0.6) is 5.75 Å². The zero-order valence-electron chi connectivity index (χ0n) is 15.5. The van der Waals surface area contributed by atoms with Crippen LogP contribution in [0.1, 0.15) is 37.0 Å². The van der Waals surface area contributed by atoms with Crippen molar-refractivity contribution < 1.29 is 19.4 Å². The fourth-order valence-electron chi connectivity index (χ4n) is 2.24. The summed E-state index contributed by atoms with van der Waals surface area (Å²) >= 11 is 1.30. The highest BCUT2D eigenvalue weighted by Gasteiger charge is 2.13. The van der Waals surface area contributed by atoms with Crippen molar-refractivity contribution in [1.82, 2.24) is 14.8 Å². The molecule has 0 unspecified atom stereocenters. The lowest BCUT2D eigenvalue weighted by atomic mass is 10.2. The van der Waals surface area contributed by atoms with Gasteiger partial charge in [0.1, 0.15) is 12.4 Å². The minimum atomic E-state index is -0.730. The number of thioether (sulfide) groups is 1. The van der Waals surface area contributed by atoms with Crippen LogP contribution in [0.4, 0.5) is 0 Å². The van der Waals surface area contributed by atoms with E-state index in [0.717, 1.165) is 12.8 Å². The standard InChI is InChI=1S/C18H25N3O5S/c1-3-5-10-21-17(24)19-20-18(21)27-12-14(22)11-26-15-8-6-13(7-9-15)16(23)25-4-2/h6-9,14,22H,3-5,10-12H2,1-2H3,(H,19,24)/t14-/m0/s1. The van der Waals surface area contributed by atoms with Gasteiger partial charge in [0.05, 0.1) is 18.3 Å². The second-order valence-electron chi connectivity index (χ2n) is 5.84. The summed E-state index contributed by atoms with van der Waals surface area (Å²) in [5.74, 6) is 0.512. The molecule has 27 heavy (non-hydrogen) atoms. The molecule has 1 aromatic carbocycles. The Morgan fingerprint density at radius 1 is 1.33 bits per heavy atom. The molecule has 2 aromatic rings. The largest absolute Gasteiger partial charge is 0.491 e. The van der Waals surface area contributed by atoms with Gasteiger partial charge >= 0.3 is 11.7 Å². The number of aliphatic hydroxyl groups excluding tert-OH is 1. The first-order chi connectivity index (χ1) is 13.0. The number of esters is 1. The Labute approximate surface area is 161 Å². The molecule has 0 fully saturated rings. The molecular weight excluding hydrogens is 370 g/mol. The van der Waals surface area contributed by atoms with E-state index in [0.29, 0.717) is 35.4 Å². The van der Waals surface area contributed by atoms with Crippen molar-refractivity contribution in [1.29, 1.82) is 0 Å². The van der Waals surface area contributed by atoms with Gasteiger partial charge in [0, 0.05) is 12.3 Å². The smallest absolute Gasteiger partial charge is 0.343 e. The molecule has 0 radical (unpaired) electrons. The molecule has 1 atom stereocenters. The second-order valence-corrected chi connectivity index (χ2v) is 6.82. The third-order valence-corrected chi connectivity index (χ3v) is 4.79. The van der Waals surface area contributed by atoms with E-state index in [9.17, 15) is 14.7 Å². The van der Waals surface area contributed by atoms with Crippen molar-refractivity contribution in [3.63, 3.8) is 0 Å². The van der Waals surface area contributed by atoms with E-state index < -0.39 is 6.10 Å². The first kappa shape index (κ1) is 21.0. The monoisotopic (exact) mass is 395 g/mol. The van der Waals surface area contributed by atoms with Crippen LogP contribution in [-0.4, -0.2) is 50.9 Å². The van der Waals surface area contributed by atoms with Crippen molar-refractivity contribution in [2.75, 3.05) is 19.0 Å².